The molecule has 0 atom stereocenters. The number of aryl methyl sites for hydroxylation is 1. The summed E-state index contributed by atoms with van der Waals surface area (Å²) in [5.74, 6) is -1.70. The first-order valence-electron chi connectivity index (χ1n) is 12.7. The predicted molar refractivity (Wildman–Crippen MR) is 138 cm³/mol. The van der Waals surface area contributed by atoms with Crippen molar-refractivity contribution in [1.29, 1.82) is 0 Å². The predicted octanol–water partition coefficient (Wildman–Crippen LogP) is 8.80. The van der Waals surface area contributed by atoms with E-state index in [9.17, 15) is 13.2 Å². The SMILES string of the molecule is C/C=C/CCC1COC(c2ccc(-c3ccc(-c4ccc(CCCC)c(F)c4F)cc3)cc2F)OC1. The van der Waals surface area contributed by atoms with Gasteiger partial charge in [-0.2, -0.15) is 0 Å². The first kappa shape index (κ1) is 26.2. The number of ether oxygens (including phenoxy) is 2. The van der Waals surface area contributed by atoms with Crippen molar-refractivity contribution in [2.45, 2.75) is 52.2 Å². The van der Waals surface area contributed by atoms with Crippen LogP contribution >= 0.6 is 0 Å². The van der Waals surface area contributed by atoms with Crippen LogP contribution in [0, 0.1) is 23.4 Å². The topological polar surface area (TPSA) is 18.5 Å². The maximum Gasteiger partial charge on any atom is 0.186 e. The summed E-state index contributed by atoms with van der Waals surface area (Å²) in [6.07, 6.45) is 7.66. The molecule has 4 rings (SSSR count). The fourth-order valence-corrected chi connectivity index (χ4v) is 4.50. The van der Waals surface area contributed by atoms with Crippen LogP contribution in [0.25, 0.3) is 22.3 Å². The van der Waals surface area contributed by atoms with E-state index in [-0.39, 0.29) is 5.56 Å². The van der Waals surface area contributed by atoms with Gasteiger partial charge in [0.25, 0.3) is 0 Å². The molecule has 1 aliphatic rings. The fourth-order valence-electron chi connectivity index (χ4n) is 4.50. The van der Waals surface area contributed by atoms with E-state index < -0.39 is 23.7 Å². The van der Waals surface area contributed by atoms with E-state index in [0.29, 0.717) is 47.8 Å². The molecule has 0 unspecified atom stereocenters. The maximum absolute atomic E-state index is 15.0. The quantitative estimate of drug-likeness (QED) is 0.277. The molecule has 1 saturated heterocycles. The summed E-state index contributed by atoms with van der Waals surface area (Å²) in [4.78, 5) is 0. The van der Waals surface area contributed by atoms with Gasteiger partial charge in [0.15, 0.2) is 17.9 Å². The minimum absolute atomic E-state index is 0.219. The molecule has 1 heterocycles. The molecule has 1 fully saturated rings. The molecule has 190 valence electrons. The van der Waals surface area contributed by atoms with Crippen LogP contribution < -0.4 is 0 Å². The van der Waals surface area contributed by atoms with Gasteiger partial charge in [-0.1, -0.05) is 74.0 Å². The molecule has 0 saturated carbocycles. The maximum atomic E-state index is 15.0. The van der Waals surface area contributed by atoms with Crippen molar-refractivity contribution in [2.24, 2.45) is 5.92 Å². The second kappa shape index (κ2) is 12.4. The third kappa shape index (κ3) is 6.08. The van der Waals surface area contributed by atoms with Gasteiger partial charge in [-0.25, -0.2) is 13.2 Å². The van der Waals surface area contributed by atoms with Crippen LogP contribution in [0.3, 0.4) is 0 Å². The average Bonchev–Trinajstić information content (AvgIpc) is 2.90. The first-order valence-corrected chi connectivity index (χ1v) is 12.7. The van der Waals surface area contributed by atoms with Crippen molar-refractivity contribution in [3.63, 3.8) is 0 Å². The molecule has 3 aromatic carbocycles. The highest BCUT2D eigenvalue weighted by molar-refractivity contribution is 5.71. The standard InChI is InChI=1S/C31H33F3O2/c1-3-5-7-8-21-19-35-31(36-20-21)27-17-15-25(18-28(27)32)22-10-12-23(13-11-22)26-16-14-24(9-6-4-2)29(33)30(26)34/h3,5,10-18,21,31H,4,6-9,19-20H2,1-2H3/b5-3+. The summed E-state index contributed by atoms with van der Waals surface area (Å²) >= 11 is 0. The smallest absolute Gasteiger partial charge is 0.186 e. The van der Waals surface area contributed by atoms with Gasteiger partial charge < -0.3 is 9.47 Å². The Kier molecular flexibility index (Phi) is 9.00. The van der Waals surface area contributed by atoms with Gasteiger partial charge in [-0.3, -0.25) is 0 Å². The molecule has 0 amide bonds. The van der Waals surface area contributed by atoms with Gasteiger partial charge in [0.05, 0.1) is 13.2 Å². The Morgan fingerprint density at radius 2 is 1.56 bits per heavy atom. The molecule has 2 nitrogen and oxygen atoms in total. The molecular weight excluding hydrogens is 461 g/mol. The highest BCUT2D eigenvalue weighted by atomic mass is 19.2. The zero-order valence-corrected chi connectivity index (χ0v) is 20.9. The molecule has 1 aliphatic heterocycles. The van der Waals surface area contributed by atoms with Crippen LogP contribution in [0.2, 0.25) is 0 Å². The number of hydrogen-bond acceptors (Lipinski definition) is 2. The van der Waals surface area contributed by atoms with E-state index in [4.69, 9.17) is 9.47 Å². The number of hydrogen-bond donors (Lipinski definition) is 0. The molecule has 0 spiro atoms. The van der Waals surface area contributed by atoms with Crippen LogP contribution in [0.4, 0.5) is 13.2 Å². The summed E-state index contributed by atoms with van der Waals surface area (Å²) in [5.41, 5.74) is 3.03. The Morgan fingerprint density at radius 1 is 0.861 bits per heavy atom. The molecular formula is C31H33F3O2. The molecule has 0 aliphatic carbocycles. The van der Waals surface area contributed by atoms with E-state index in [1.165, 1.54) is 6.07 Å². The highest BCUT2D eigenvalue weighted by Gasteiger charge is 2.25. The lowest BCUT2D eigenvalue weighted by Crippen LogP contribution is -2.27. The lowest BCUT2D eigenvalue weighted by molar-refractivity contribution is -0.207. The van der Waals surface area contributed by atoms with E-state index in [1.807, 2.05) is 26.0 Å². The average molecular weight is 495 g/mol. The Labute approximate surface area is 211 Å². The van der Waals surface area contributed by atoms with Crippen molar-refractivity contribution >= 4 is 0 Å². The van der Waals surface area contributed by atoms with Crippen LogP contribution in [-0.4, -0.2) is 13.2 Å². The number of halogens is 3. The molecule has 0 aromatic heterocycles. The number of benzene rings is 3. The van der Waals surface area contributed by atoms with Crippen LogP contribution in [-0.2, 0) is 15.9 Å². The monoisotopic (exact) mass is 494 g/mol. The van der Waals surface area contributed by atoms with Gasteiger partial charge in [-0.05, 0) is 60.9 Å². The summed E-state index contributed by atoms with van der Waals surface area (Å²) in [6, 6.07) is 15.3. The van der Waals surface area contributed by atoms with E-state index in [0.717, 1.165) is 31.2 Å². The van der Waals surface area contributed by atoms with E-state index in [1.54, 1.807) is 42.5 Å². The Hall–Kier alpha value is -2.89. The summed E-state index contributed by atoms with van der Waals surface area (Å²) in [7, 11) is 0. The molecule has 0 radical (unpaired) electrons. The molecule has 5 heteroatoms. The lowest BCUT2D eigenvalue weighted by Gasteiger charge is -2.29. The molecule has 3 aromatic rings. The first-order chi connectivity index (χ1) is 17.5. The third-order valence-electron chi connectivity index (χ3n) is 6.69. The number of allylic oxidation sites excluding steroid dienone is 2. The summed E-state index contributed by atoms with van der Waals surface area (Å²) < 4.78 is 55.8. The van der Waals surface area contributed by atoms with Gasteiger partial charge >= 0.3 is 0 Å². The normalized spacial score (nSPS) is 18.1. The van der Waals surface area contributed by atoms with Crippen molar-refractivity contribution in [3.8, 4) is 22.3 Å². The van der Waals surface area contributed by atoms with Crippen LogP contribution in [0.1, 0.15) is 56.9 Å². The molecule has 36 heavy (non-hydrogen) atoms. The molecule has 0 bridgehead atoms. The van der Waals surface area contributed by atoms with E-state index >= 15 is 0 Å². The third-order valence-corrected chi connectivity index (χ3v) is 6.69. The fraction of sp³-hybridized carbons (Fsp3) is 0.355. The van der Waals surface area contributed by atoms with E-state index in [2.05, 4.69) is 6.08 Å². The Balaban J connectivity index is 1.44. The van der Waals surface area contributed by atoms with Gasteiger partial charge in [0, 0.05) is 17.0 Å². The number of unbranched alkanes of at least 4 members (excludes halogenated alkanes) is 1. The largest absolute Gasteiger partial charge is 0.348 e. The lowest BCUT2D eigenvalue weighted by atomic mass is 9.97. The molecule has 0 N–H and O–H groups in total. The van der Waals surface area contributed by atoms with Crippen LogP contribution in [0.5, 0.6) is 0 Å². The van der Waals surface area contributed by atoms with Gasteiger partial charge in [0.1, 0.15) is 5.82 Å². The van der Waals surface area contributed by atoms with Crippen molar-refractivity contribution in [3.05, 3.63) is 95.3 Å². The minimum Gasteiger partial charge on any atom is -0.348 e. The van der Waals surface area contributed by atoms with Crippen molar-refractivity contribution in [1.82, 2.24) is 0 Å². The van der Waals surface area contributed by atoms with Crippen molar-refractivity contribution in [2.75, 3.05) is 13.2 Å². The highest BCUT2D eigenvalue weighted by Crippen LogP contribution is 2.33. The zero-order chi connectivity index (χ0) is 25.5. The van der Waals surface area contributed by atoms with Gasteiger partial charge in [-0.15, -0.1) is 0 Å². The zero-order valence-electron chi connectivity index (χ0n) is 20.9. The van der Waals surface area contributed by atoms with Crippen molar-refractivity contribution < 1.29 is 22.6 Å². The minimum atomic E-state index is -0.830. The second-order valence-corrected chi connectivity index (χ2v) is 9.33. The summed E-state index contributed by atoms with van der Waals surface area (Å²) in [5, 5.41) is 0. The summed E-state index contributed by atoms with van der Waals surface area (Å²) in [6.45, 7) is 5.10. The second-order valence-electron chi connectivity index (χ2n) is 9.33. The Bertz CT molecular complexity index is 1180. The Morgan fingerprint density at radius 3 is 2.22 bits per heavy atom. The number of rotatable bonds is 9. The van der Waals surface area contributed by atoms with Gasteiger partial charge in [0.2, 0.25) is 0 Å². The van der Waals surface area contributed by atoms with Crippen LogP contribution in [0.15, 0.2) is 66.7 Å².